The van der Waals surface area contributed by atoms with Gasteiger partial charge in [-0.2, -0.15) is 0 Å². The quantitative estimate of drug-likeness (QED) is 0.662. The molecule has 1 N–H and O–H groups in total. The van der Waals surface area contributed by atoms with Gasteiger partial charge in [0.15, 0.2) is 0 Å². The standard InChI is InChI=1S/C17H13Cl2NO2/c1-9-10(2)22-15-8-11(6-7-12(9)15)20-17(21)16-13(18)4-3-5-14(16)19/h3-8H,1-2H3,(H,20,21). The van der Waals surface area contributed by atoms with Gasteiger partial charge in [-0.05, 0) is 43.7 Å². The topological polar surface area (TPSA) is 42.2 Å². The Morgan fingerprint density at radius 1 is 1.09 bits per heavy atom. The van der Waals surface area contributed by atoms with Crippen molar-refractivity contribution in [2.45, 2.75) is 13.8 Å². The van der Waals surface area contributed by atoms with Crippen molar-refractivity contribution < 1.29 is 9.21 Å². The lowest BCUT2D eigenvalue weighted by atomic mass is 10.1. The first-order valence-electron chi connectivity index (χ1n) is 6.72. The maximum atomic E-state index is 12.4. The fraction of sp³-hybridized carbons (Fsp3) is 0.118. The van der Waals surface area contributed by atoms with Crippen LogP contribution in [0.2, 0.25) is 10.0 Å². The fourth-order valence-electron chi connectivity index (χ4n) is 2.33. The predicted molar refractivity (Wildman–Crippen MR) is 90.1 cm³/mol. The van der Waals surface area contributed by atoms with E-state index in [0.717, 1.165) is 22.3 Å². The van der Waals surface area contributed by atoms with Crippen LogP contribution in [-0.4, -0.2) is 5.91 Å². The first kappa shape index (κ1) is 14.9. The van der Waals surface area contributed by atoms with Crippen LogP contribution in [0.3, 0.4) is 0 Å². The molecular weight excluding hydrogens is 321 g/mol. The summed E-state index contributed by atoms with van der Waals surface area (Å²) in [5.74, 6) is 0.516. The highest BCUT2D eigenvalue weighted by Crippen LogP contribution is 2.29. The van der Waals surface area contributed by atoms with E-state index in [1.54, 1.807) is 24.3 Å². The molecule has 1 heterocycles. The molecule has 0 aliphatic heterocycles. The molecule has 0 bridgehead atoms. The number of carbonyl (C=O) groups is 1. The monoisotopic (exact) mass is 333 g/mol. The average molecular weight is 334 g/mol. The van der Waals surface area contributed by atoms with Crippen molar-refractivity contribution in [1.29, 1.82) is 0 Å². The lowest BCUT2D eigenvalue weighted by molar-refractivity contribution is 0.102. The van der Waals surface area contributed by atoms with E-state index in [1.165, 1.54) is 0 Å². The second kappa shape index (κ2) is 5.67. The van der Waals surface area contributed by atoms with Gasteiger partial charge in [0, 0.05) is 17.1 Å². The molecule has 3 aromatic rings. The van der Waals surface area contributed by atoms with Gasteiger partial charge in [-0.15, -0.1) is 0 Å². The Hall–Kier alpha value is -1.97. The highest BCUT2D eigenvalue weighted by molar-refractivity contribution is 6.40. The normalized spacial score (nSPS) is 10.9. The molecule has 3 rings (SSSR count). The number of amides is 1. The summed E-state index contributed by atoms with van der Waals surface area (Å²) < 4.78 is 5.67. The lowest BCUT2D eigenvalue weighted by Gasteiger charge is -2.08. The molecule has 0 aliphatic carbocycles. The largest absolute Gasteiger partial charge is 0.461 e. The fourth-order valence-corrected chi connectivity index (χ4v) is 2.90. The molecule has 2 aromatic carbocycles. The summed E-state index contributed by atoms with van der Waals surface area (Å²) in [5.41, 5.74) is 2.72. The smallest absolute Gasteiger partial charge is 0.258 e. The van der Waals surface area contributed by atoms with Gasteiger partial charge in [0.25, 0.3) is 5.91 Å². The van der Waals surface area contributed by atoms with Crippen LogP contribution in [0.4, 0.5) is 5.69 Å². The van der Waals surface area contributed by atoms with E-state index < -0.39 is 0 Å². The van der Waals surface area contributed by atoms with Crippen molar-refractivity contribution in [2.24, 2.45) is 0 Å². The van der Waals surface area contributed by atoms with Crippen LogP contribution in [0.5, 0.6) is 0 Å². The van der Waals surface area contributed by atoms with E-state index in [2.05, 4.69) is 5.32 Å². The average Bonchev–Trinajstić information content (AvgIpc) is 2.73. The van der Waals surface area contributed by atoms with Gasteiger partial charge in [-0.3, -0.25) is 4.79 Å². The number of hydrogen-bond donors (Lipinski definition) is 1. The first-order chi connectivity index (χ1) is 10.5. The molecule has 3 nitrogen and oxygen atoms in total. The second-order valence-electron chi connectivity index (χ2n) is 5.04. The zero-order valence-electron chi connectivity index (χ0n) is 12.0. The van der Waals surface area contributed by atoms with Gasteiger partial charge < -0.3 is 9.73 Å². The highest BCUT2D eigenvalue weighted by atomic mass is 35.5. The summed E-state index contributed by atoms with van der Waals surface area (Å²) >= 11 is 12.1. The van der Waals surface area contributed by atoms with Crippen LogP contribution < -0.4 is 5.32 Å². The third-order valence-electron chi connectivity index (χ3n) is 3.62. The van der Waals surface area contributed by atoms with Crippen molar-refractivity contribution in [1.82, 2.24) is 0 Å². The molecule has 0 radical (unpaired) electrons. The SMILES string of the molecule is Cc1oc2cc(NC(=O)c3c(Cl)cccc3Cl)ccc2c1C. The van der Waals surface area contributed by atoms with Crippen LogP contribution in [0.15, 0.2) is 40.8 Å². The van der Waals surface area contributed by atoms with Gasteiger partial charge in [-0.25, -0.2) is 0 Å². The van der Waals surface area contributed by atoms with E-state index in [0.29, 0.717) is 15.7 Å². The molecule has 5 heteroatoms. The minimum atomic E-state index is -0.352. The number of benzene rings is 2. The van der Waals surface area contributed by atoms with Crippen molar-refractivity contribution in [3.05, 3.63) is 63.3 Å². The zero-order chi connectivity index (χ0) is 15.9. The van der Waals surface area contributed by atoms with Gasteiger partial charge in [0.05, 0.1) is 15.6 Å². The third-order valence-corrected chi connectivity index (χ3v) is 4.25. The maximum Gasteiger partial charge on any atom is 0.258 e. The summed E-state index contributed by atoms with van der Waals surface area (Å²) in [4.78, 5) is 12.4. The van der Waals surface area contributed by atoms with Gasteiger partial charge >= 0.3 is 0 Å². The summed E-state index contributed by atoms with van der Waals surface area (Å²) in [6.45, 7) is 3.92. The molecule has 0 spiro atoms. The molecule has 0 unspecified atom stereocenters. The molecule has 0 fully saturated rings. The Bertz CT molecular complexity index is 863. The minimum Gasteiger partial charge on any atom is -0.461 e. The van der Waals surface area contributed by atoms with Crippen LogP contribution in [0.25, 0.3) is 11.0 Å². The number of anilines is 1. The number of fused-ring (bicyclic) bond motifs is 1. The number of furan rings is 1. The summed E-state index contributed by atoms with van der Waals surface area (Å²) in [5, 5.41) is 4.46. The number of hydrogen-bond acceptors (Lipinski definition) is 2. The highest BCUT2D eigenvalue weighted by Gasteiger charge is 2.15. The number of aryl methyl sites for hydroxylation is 2. The molecular formula is C17H13Cl2NO2. The molecule has 1 aromatic heterocycles. The number of halogens is 2. The Morgan fingerprint density at radius 3 is 2.45 bits per heavy atom. The molecule has 0 saturated carbocycles. The summed E-state index contributed by atoms with van der Waals surface area (Å²) in [7, 11) is 0. The molecule has 112 valence electrons. The Morgan fingerprint density at radius 2 is 1.77 bits per heavy atom. The maximum absolute atomic E-state index is 12.4. The molecule has 22 heavy (non-hydrogen) atoms. The molecule has 0 aliphatic rings. The first-order valence-corrected chi connectivity index (χ1v) is 7.48. The minimum absolute atomic E-state index is 0.262. The van der Waals surface area contributed by atoms with Crippen LogP contribution in [-0.2, 0) is 0 Å². The van der Waals surface area contributed by atoms with Crippen molar-refractivity contribution in [2.75, 3.05) is 5.32 Å². The Labute approximate surface area is 137 Å². The third kappa shape index (κ3) is 2.58. The number of carbonyl (C=O) groups excluding carboxylic acids is 1. The predicted octanol–water partition coefficient (Wildman–Crippen LogP) is 5.61. The molecule has 0 saturated heterocycles. The lowest BCUT2D eigenvalue weighted by Crippen LogP contribution is -2.13. The summed E-state index contributed by atoms with van der Waals surface area (Å²) in [6, 6.07) is 10.5. The summed E-state index contributed by atoms with van der Waals surface area (Å²) in [6.07, 6.45) is 0. The Kier molecular flexibility index (Phi) is 3.85. The van der Waals surface area contributed by atoms with Crippen LogP contribution in [0, 0.1) is 13.8 Å². The van der Waals surface area contributed by atoms with E-state index in [9.17, 15) is 4.79 Å². The number of nitrogens with one attached hydrogen (secondary N) is 1. The van der Waals surface area contributed by atoms with Gasteiger partial charge in [0.2, 0.25) is 0 Å². The molecule has 1 amide bonds. The van der Waals surface area contributed by atoms with Gasteiger partial charge in [0.1, 0.15) is 11.3 Å². The van der Waals surface area contributed by atoms with E-state index in [4.69, 9.17) is 27.6 Å². The van der Waals surface area contributed by atoms with Crippen LogP contribution in [0.1, 0.15) is 21.7 Å². The van der Waals surface area contributed by atoms with Crippen molar-refractivity contribution in [3.63, 3.8) is 0 Å². The number of rotatable bonds is 2. The van der Waals surface area contributed by atoms with E-state index in [1.807, 2.05) is 26.0 Å². The van der Waals surface area contributed by atoms with Gasteiger partial charge in [-0.1, -0.05) is 29.3 Å². The van der Waals surface area contributed by atoms with Crippen LogP contribution >= 0.6 is 23.2 Å². The van der Waals surface area contributed by atoms with E-state index >= 15 is 0 Å². The van der Waals surface area contributed by atoms with Crippen molar-refractivity contribution in [3.8, 4) is 0 Å². The van der Waals surface area contributed by atoms with E-state index in [-0.39, 0.29) is 11.5 Å². The molecule has 0 atom stereocenters. The zero-order valence-corrected chi connectivity index (χ0v) is 13.5. The second-order valence-corrected chi connectivity index (χ2v) is 5.86. The Balaban J connectivity index is 1.94. The van der Waals surface area contributed by atoms with Crippen molar-refractivity contribution >= 4 is 45.8 Å².